The van der Waals surface area contributed by atoms with Crippen molar-refractivity contribution in [2.75, 3.05) is 32.7 Å². The number of piperazine rings is 1. The quantitative estimate of drug-likeness (QED) is 0.711. The fourth-order valence-electron chi connectivity index (χ4n) is 3.92. The molecule has 0 radical (unpaired) electrons. The zero-order chi connectivity index (χ0) is 18.6. The number of carbonyl (C=O) groups excluding carboxylic acids is 1. The van der Waals surface area contributed by atoms with E-state index >= 15 is 0 Å². The molecule has 5 nitrogen and oxygen atoms in total. The number of nitrogens with one attached hydrogen (secondary N) is 1. The Hall–Kier alpha value is -2.63. The van der Waals surface area contributed by atoms with Crippen molar-refractivity contribution < 1.29 is 14.8 Å². The van der Waals surface area contributed by atoms with Gasteiger partial charge in [-0.2, -0.15) is 0 Å². The number of para-hydroxylation sites is 1. The summed E-state index contributed by atoms with van der Waals surface area (Å²) in [5.74, 6) is 0.106. The maximum absolute atomic E-state index is 12.5. The number of hydrogen-bond acceptors (Lipinski definition) is 2. The lowest BCUT2D eigenvalue weighted by Crippen LogP contribution is -3.15. The van der Waals surface area contributed by atoms with E-state index in [1.807, 2.05) is 53.6 Å². The van der Waals surface area contributed by atoms with E-state index in [1.165, 1.54) is 10.3 Å². The molecule has 4 rings (SSSR count). The third-order valence-corrected chi connectivity index (χ3v) is 5.39. The number of quaternary nitrogens is 1. The van der Waals surface area contributed by atoms with Gasteiger partial charge in [-0.15, -0.1) is 0 Å². The molecule has 0 unspecified atom stereocenters. The number of hydrogen-bond donors (Lipinski definition) is 2. The zero-order valence-electron chi connectivity index (χ0n) is 15.4. The molecule has 27 heavy (non-hydrogen) atoms. The first kappa shape index (κ1) is 17.8. The van der Waals surface area contributed by atoms with Gasteiger partial charge in [-0.05, 0) is 29.7 Å². The van der Waals surface area contributed by atoms with Crippen molar-refractivity contribution in [2.24, 2.45) is 0 Å². The normalized spacial score (nSPS) is 16.6. The van der Waals surface area contributed by atoms with Crippen LogP contribution in [0.5, 0.6) is 0 Å². The third-order valence-electron chi connectivity index (χ3n) is 5.39. The van der Waals surface area contributed by atoms with E-state index < -0.39 is 6.10 Å². The fraction of sp³-hybridized carbons (Fsp3) is 0.318. The molecule has 2 aromatic carbocycles. The van der Waals surface area contributed by atoms with Gasteiger partial charge < -0.3 is 19.5 Å². The molecular weight excluding hydrogens is 338 g/mol. The summed E-state index contributed by atoms with van der Waals surface area (Å²) in [7, 11) is 0. The summed E-state index contributed by atoms with van der Waals surface area (Å²) >= 11 is 0. The highest BCUT2D eigenvalue weighted by Gasteiger charge is 2.26. The number of fused-ring (bicyclic) bond motifs is 1. The summed E-state index contributed by atoms with van der Waals surface area (Å²) < 4.78 is 2.12. The van der Waals surface area contributed by atoms with Crippen LogP contribution in [0.1, 0.15) is 10.4 Å². The molecule has 0 spiro atoms. The lowest BCUT2D eigenvalue weighted by molar-refractivity contribution is -0.907. The van der Waals surface area contributed by atoms with Crippen LogP contribution in [0.2, 0.25) is 0 Å². The van der Waals surface area contributed by atoms with Crippen LogP contribution in [-0.2, 0) is 6.54 Å². The number of nitrogens with zero attached hydrogens (tertiary/aromatic N) is 2. The minimum absolute atomic E-state index is 0.106. The first-order valence-corrected chi connectivity index (χ1v) is 9.60. The molecular formula is C22H26N3O2+. The molecule has 2 heterocycles. The highest BCUT2D eigenvalue weighted by Crippen LogP contribution is 2.15. The number of rotatable bonds is 5. The summed E-state index contributed by atoms with van der Waals surface area (Å²) in [6.45, 7) is 4.54. The van der Waals surface area contributed by atoms with Crippen LogP contribution in [0.15, 0.2) is 66.9 Å². The van der Waals surface area contributed by atoms with Crippen molar-refractivity contribution in [2.45, 2.75) is 12.6 Å². The molecule has 3 aromatic rings. The van der Waals surface area contributed by atoms with E-state index in [-0.39, 0.29) is 5.91 Å². The van der Waals surface area contributed by atoms with E-state index in [0.29, 0.717) is 13.1 Å². The Morgan fingerprint density at radius 2 is 1.70 bits per heavy atom. The van der Waals surface area contributed by atoms with Crippen molar-refractivity contribution in [3.8, 4) is 0 Å². The van der Waals surface area contributed by atoms with Crippen molar-refractivity contribution in [1.29, 1.82) is 0 Å². The molecule has 1 atom stereocenters. The van der Waals surface area contributed by atoms with Gasteiger partial charge in [0.1, 0.15) is 12.6 Å². The predicted octanol–water partition coefficient (Wildman–Crippen LogP) is 1.04. The van der Waals surface area contributed by atoms with E-state index in [9.17, 15) is 9.90 Å². The van der Waals surface area contributed by atoms with Gasteiger partial charge in [0.05, 0.1) is 32.7 Å². The summed E-state index contributed by atoms with van der Waals surface area (Å²) in [5, 5.41) is 11.8. The number of amides is 1. The van der Waals surface area contributed by atoms with Crippen molar-refractivity contribution in [3.05, 3.63) is 72.4 Å². The number of carbonyl (C=O) groups is 1. The molecule has 1 aliphatic heterocycles. The molecule has 140 valence electrons. The van der Waals surface area contributed by atoms with Crippen LogP contribution in [0.3, 0.4) is 0 Å². The summed E-state index contributed by atoms with van der Waals surface area (Å²) in [6.07, 6.45) is 1.65. The Labute approximate surface area is 159 Å². The van der Waals surface area contributed by atoms with Gasteiger partial charge in [0.25, 0.3) is 5.91 Å². The average Bonchev–Trinajstić information content (AvgIpc) is 3.11. The maximum Gasteiger partial charge on any atom is 0.254 e. The zero-order valence-corrected chi connectivity index (χ0v) is 15.4. The Morgan fingerprint density at radius 1 is 1.00 bits per heavy atom. The monoisotopic (exact) mass is 364 g/mol. The van der Waals surface area contributed by atoms with Gasteiger partial charge in [0, 0.05) is 17.3 Å². The SMILES string of the molecule is O=C(c1ccccc1)N1CC[NH+](C[C@H](O)Cn2ccc3ccccc32)CC1. The van der Waals surface area contributed by atoms with E-state index in [0.717, 1.165) is 37.3 Å². The molecule has 0 saturated carbocycles. The topological polar surface area (TPSA) is 49.9 Å². The van der Waals surface area contributed by atoms with Crippen molar-refractivity contribution in [3.63, 3.8) is 0 Å². The van der Waals surface area contributed by atoms with Crippen LogP contribution in [-0.4, -0.2) is 59.3 Å². The fourth-order valence-corrected chi connectivity index (χ4v) is 3.92. The molecule has 5 heteroatoms. The number of aliphatic hydroxyl groups excluding tert-OH is 1. The Bertz CT molecular complexity index is 898. The minimum atomic E-state index is -0.396. The molecule has 1 fully saturated rings. The van der Waals surface area contributed by atoms with Gasteiger partial charge in [0.2, 0.25) is 0 Å². The molecule has 2 N–H and O–H groups in total. The second-order valence-corrected chi connectivity index (χ2v) is 7.29. The highest BCUT2D eigenvalue weighted by atomic mass is 16.3. The Balaban J connectivity index is 1.29. The standard InChI is InChI=1S/C22H25N3O2/c26-20(17-25-11-10-18-6-4-5-9-21(18)25)16-23-12-14-24(15-13-23)22(27)19-7-2-1-3-8-19/h1-11,20,26H,12-17H2/p+1/t20-/m0/s1. The summed E-state index contributed by atoms with van der Waals surface area (Å²) in [6, 6.07) is 19.8. The molecule has 0 bridgehead atoms. The maximum atomic E-state index is 12.5. The lowest BCUT2D eigenvalue weighted by atomic mass is 10.2. The van der Waals surface area contributed by atoms with Crippen LogP contribution >= 0.6 is 0 Å². The first-order chi connectivity index (χ1) is 13.2. The smallest absolute Gasteiger partial charge is 0.254 e. The van der Waals surface area contributed by atoms with Crippen LogP contribution in [0, 0.1) is 0 Å². The van der Waals surface area contributed by atoms with E-state index in [2.05, 4.69) is 22.8 Å². The van der Waals surface area contributed by atoms with Crippen LogP contribution < -0.4 is 4.90 Å². The molecule has 1 aliphatic rings. The van der Waals surface area contributed by atoms with Gasteiger partial charge in [0.15, 0.2) is 0 Å². The first-order valence-electron chi connectivity index (χ1n) is 9.60. The lowest BCUT2D eigenvalue weighted by Gasteiger charge is -2.33. The van der Waals surface area contributed by atoms with E-state index in [4.69, 9.17) is 0 Å². The summed E-state index contributed by atoms with van der Waals surface area (Å²) in [4.78, 5) is 15.8. The van der Waals surface area contributed by atoms with Crippen molar-refractivity contribution >= 4 is 16.8 Å². The molecule has 1 aromatic heterocycles. The number of aliphatic hydroxyl groups is 1. The van der Waals surface area contributed by atoms with Crippen molar-refractivity contribution in [1.82, 2.24) is 9.47 Å². The Morgan fingerprint density at radius 3 is 2.48 bits per heavy atom. The molecule has 0 aliphatic carbocycles. The third kappa shape index (κ3) is 4.04. The van der Waals surface area contributed by atoms with Crippen LogP contribution in [0.25, 0.3) is 10.9 Å². The molecule has 1 amide bonds. The van der Waals surface area contributed by atoms with Gasteiger partial charge >= 0.3 is 0 Å². The largest absolute Gasteiger partial charge is 0.385 e. The average molecular weight is 364 g/mol. The van der Waals surface area contributed by atoms with Gasteiger partial charge in [-0.3, -0.25) is 4.79 Å². The number of benzene rings is 2. The second kappa shape index (κ2) is 7.94. The Kier molecular flexibility index (Phi) is 5.23. The van der Waals surface area contributed by atoms with Gasteiger partial charge in [-0.25, -0.2) is 0 Å². The van der Waals surface area contributed by atoms with Gasteiger partial charge in [-0.1, -0.05) is 36.4 Å². The van der Waals surface area contributed by atoms with E-state index in [1.54, 1.807) is 0 Å². The minimum Gasteiger partial charge on any atom is -0.385 e. The molecule has 1 saturated heterocycles. The second-order valence-electron chi connectivity index (χ2n) is 7.29. The number of aromatic nitrogens is 1. The predicted molar refractivity (Wildman–Crippen MR) is 106 cm³/mol. The van der Waals surface area contributed by atoms with Crippen LogP contribution in [0.4, 0.5) is 0 Å². The highest BCUT2D eigenvalue weighted by molar-refractivity contribution is 5.94. The summed E-state index contributed by atoms with van der Waals surface area (Å²) in [5.41, 5.74) is 1.91.